The normalized spacial score (nSPS) is 11.3. The first kappa shape index (κ1) is 22.8. The summed E-state index contributed by atoms with van der Waals surface area (Å²) in [4.78, 5) is 0. The quantitative estimate of drug-likeness (QED) is 0.302. The SMILES string of the molecule is CCCCCCCCCCCCS(=O)(=O)Nc1cc(Br)c(O)c(C#N)c1. The number of nitriles is 1. The molecule has 0 bridgehead atoms. The number of rotatable bonds is 13. The third-order valence-electron chi connectivity index (χ3n) is 4.22. The zero-order chi connectivity index (χ0) is 19.4. The van der Waals surface area contributed by atoms with Crippen LogP contribution in [0.25, 0.3) is 0 Å². The number of sulfonamides is 1. The third kappa shape index (κ3) is 8.91. The van der Waals surface area contributed by atoms with Crippen molar-refractivity contribution >= 4 is 31.6 Å². The van der Waals surface area contributed by atoms with Crippen LogP contribution in [0.2, 0.25) is 0 Å². The summed E-state index contributed by atoms with van der Waals surface area (Å²) in [5, 5.41) is 18.6. The highest BCUT2D eigenvalue weighted by Gasteiger charge is 2.13. The summed E-state index contributed by atoms with van der Waals surface area (Å²) < 4.78 is 27.1. The van der Waals surface area contributed by atoms with Crippen LogP contribution in [-0.2, 0) is 10.0 Å². The Balaban J connectivity index is 2.29. The molecule has 0 aliphatic rings. The molecule has 0 saturated heterocycles. The smallest absolute Gasteiger partial charge is 0.232 e. The van der Waals surface area contributed by atoms with E-state index in [-0.39, 0.29) is 27.2 Å². The lowest BCUT2D eigenvalue weighted by Gasteiger charge is -2.10. The molecule has 0 aliphatic heterocycles. The molecule has 7 heteroatoms. The fourth-order valence-electron chi connectivity index (χ4n) is 2.75. The number of hydrogen-bond donors (Lipinski definition) is 2. The highest BCUT2D eigenvalue weighted by Crippen LogP contribution is 2.31. The number of halogens is 1. The number of aromatic hydroxyl groups is 1. The molecule has 0 fully saturated rings. The van der Waals surface area contributed by atoms with Gasteiger partial charge in [0.25, 0.3) is 0 Å². The largest absolute Gasteiger partial charge is 0.505 e. The molecular weight excluding hydrogens is 416 g/mol. The highest BCUT2D eigenvalue weighted by molar-refractivity contribution is 9.10. The van der Waals surface area contributed by atoms with E-state index in [1.54, 1.807) is 0 Å². The molecule has 0 atom stereocenters. The number of nitrogens with zero attached hydrogens (tertiary/aromatic N) is 1. The molecule has 0 amide bonds. The molecule has 26 heavy (non-hydrogen) atoms. The molecule has 0 unspecified atom stereocenters. The molecule has 146 valence electrons. The second-order valence-corrected chi connectivity index (χ2v) is 9.27. The van der Waals surface area contributed by atoms with Gasteiger partial charge in [0.2, 0.25) is 10.0 Å². The van der Waals surface area contributed by atoms with Crippen LogP contribution in [0.1, 0.15) is 76.7 Å². The Bertz CT molecular complexity index is 699. The predicted octanol–water partition coefficient (Wildman–Crippen LogP) is 5.69. The van der Waals surface area contributed by atoms with Crippen molar-refractivity contribution in [3.63, 3.8) is 0 Å². The molecule has 2 N–H and O–H groups in total. The minimum Gasteiger partial charge on any atom is -0.505 e. The Morgan fingerprint density at radius 1 is 1.04 bits per heavy atom. The van der Waals surface area contributed by atoms with Crippen molar-refractivity contribution in [3.8, 4) is 11.8 Å². The molecule has 1 aromatic rings. The van der Waals surface area contributed by atoms with Crippen molar-refractivity contribution in [2.75, 3.05) is 10.5 Å². The number of benzene rings is 1. The van der Waals surface area contributed by atoms with E-state index < -0.39 is 10.0 Å². The van der Waals surface area contributed by atoms with Gasteiger partial charge in [-0.3, -0.25) is 4.72 Å². The minimum absolute atomic E-state index is 0.0241. The lowest BCUT2D eigenvalue weighted by Crippen LogP contribution is -2.16. The number of unbranched alkanes of at least 4 members (excludes halogenated alkanes) is 9. The topological polar surface area (TPSA) is 90.2 Å². The van der Waals surface area contributed by atoms with Crippen LogP contribution in [0.5, 0.6) is 5.75 Å². The summed E-state index contributed by atoms with van der Waals surface area (Å²) >= 11 is 3.12. The van der Waals surface area contributed by atoms with Gasteiger partial charge < -0.3 is 5.11 Å². The molecule has 1 aromatic carbocycles. The van der Waals surface area contributed by atoms with Gasteiger partial charge in [-0.2, -0.15) is 5.26 Å². The summed E-state index contributed by atoms with van der Waals surface area (Å²) in [6, 6.07) is 4.62. The first-order chi connectivity index (χ1) is 12.4. The summed E-state index contributed by atoms with van der Waals surface area (Å²) in [6.45, 7) is 2.21. The molecular formula is C19H29BrN2O3S. The van der Waals surface area contributed by atoms with Crippen molar-refractivity contribution < 1.29 is 13.5 Å². The van der Waals surface area contributed by atoms with Gasteiger partial charge in [0.15, 0.2) is 0 Å². The molecule has 0 spiro atoms. The number of phenolic OH excluding ortho intramolecular Hbond substituents is 1. The first-order valence-corrected chi connectivity index (χ1v) is 11.8. The maximum absolute atomic E-state index is 12.2. The predicted molar refractivity (Wildman–Crippen MR) is 110 cm³/mol. The lowest BCUT2D eigenvalue weighted by atomic mass is 10.1. The minimum atomic E-state index is -3.46. The van der Waals surface area contributed by atoms with Crippen LogP contribution in [0.4, 0.5) is 5.69 Å². The van der Waals surface area contributed by atoms with E-state index in [1.807, 2.05) is 6.07 Å². The van der Waals surface area contributed by atoms with E-state index >= 15 is 0 Å². The maximum Gasteiger partial charge on any atom is 0.232 e. The van der Waals surface area contributed by atoms with E-state index in [4.69, 9.17) is 5.26 Å². The Morgan fingerprint density at radius 3 is 2.12 bits per heavy atom. The second kappa shape index (κ2) is 12.2. The average molecular weight is 445 g/mol. The number of nitrogens with one attached hydrogen (secondary N) is 1. The number of anilines is 1. The van der Waals surface area contributed by atoms with E-state index in [9.17, 15) is 13.5 Å². The zero-order valence-corrected chi connectivity index (χ0v) is 17.8. The van der Waals surface area contributed by atoms with Crippen LogP contribution < -0.4 is 4.72 Å². The summed E-state index contributed by atoms with van der Waals surface area (Å²) in [6.07, 6.45) is 11.5. The standard InChI is InChI=1S/C19H29BrN2O3S/c1-2-3-4-5-6-7-8-9-10-11-12-26(24,25)22-17-13-16(15-21)19(23)18(20)14-17/h13-14,22-23H,2-12H2,1H3. The van der Waals surface area contributed by atoms with Crippen LogP contribution in [0, 0.1) is 11.3 Å². The fourth-order valence-corrected chi connectivity index (χ4v) is 4.38. The molecule has 1 rings (SSSR count). The molecule has 0 aliphatic carbocycles. The van der Waals surface area contributed by atoms with Crippen molar-refractivity contribution in [2.24, 2.45) is 0 Å². The Kier molecular flexibility index (Phi) is 10.7. The van der Waals surface area contributed by atoms with Gasteiger partial charge in [-0.05, 0) is 34.5 Å². The van der Waals surface area contributed by atoms with Crippen LogP contribution >= 0.6 is 15.9 Å². The van der Waals surface area contributed by atoms with E-state index in [1.165, 1.54) is 50.7 Å². The van der Waals surface area contributed by atoms with Gasteiger partial charge in [-0.15, -0.1) is 0 Å². The Morgan fingerprint density at radius 2 is 1.58 bits per heavy atom. The molecule has 0 heterocycles. The fraction of sp³-hybridized carbons (Fsp3) is 0.632. The second-order valence-electron chi connectivity index (χ2n) is 6.57. The molecule has 0 saturated carbocycles. The first-order valence-electron chi connectivity index (χ1n) is 9.32. The van der Waals surface area contributed by atoms with Gasteiger partial charge in [0.1, 0.15) is 11.8 Å². The Hall–Kier alpha value is -1.26. The van der Waals surface area contributed by atoms with Gasteiger partial charge >= 0.3 is 0 Å². The number of hydrogen-bond acceptors (Lipinski definition) is 4. The third-order valence-corrected chi connectivity index (χ3v) is 6.20. The van der Waals surface area contributed by atoms with Crippen molar-refractivity contribution in [2.45, 2.75) is 71.1 Å². The average Bonchev–Trinajstić information content (AvgIpc) is 2.59. The zero-order valence-electron chi connectivity index (χ0n) is 15.4. The van der Waals surface area contributed by atoms with E-state index in [0.717, 1.165) is 19.3 Å². The van der Waals surface area contributed by atoms with Gasteiger partial charge in [-0.1, -0.05) is 64.7 Å². The van der Waals surface area contributed by atoms with Gasteiger partial charge in [0, 0.05) is 0 Å². The lowest BCUT2D eigenvalue weighted by molar-refractivity contribution is 0.470. The summed E-state index contributed by atoms with van der Waals surface area (Å²) in [5.74, 6) is -0.130. The van der Waals surface area contributed by atoms with Gasteiger partial charge in [-0.25, -0.2) is 8.42 Å². The number of phenols is 1. The van der Waals surface area contributed by atoms with Crippen molar-refractivity contribution in [3.05, 3.63) is 22.2 Å². The van der Waals surface area contributed by atoms with E-state index in [2.05, 4.69) is 27.6 Å². The van der Waals surface area contributed by atoms with Crippen LogP contribution in [0.3, 0.4) is 0 Å². The summed E-state index contributed by atoms with van der Waals surface area (Å²) in [7, 11) is -3.46. The van der Waals surface area contributed by atoms with Gasteiger partial charge in [0.05, 0.1) is 21.5 Å². The monoisotopic (exact) mass is 444 g/mol. The van der Waals surface area contributed by atoms with Crippen LogP contribution in [-0.4, -0.2) is 19.3 Å². The molecule has 0 aromatic heterocycles. The van der Waals surface area contributed by atoms with Crippen molar-refractivity contribution in [1.29, 1.82) is 5.26 Å². The highest BCUT2D eigenvalue weighted by atomic mass is 79.9. The summed E-state index contributed by atoms with van der Waals surface area (Å²) in [5.41, 5.74) is 0.300. The van der Waals surface area contributed by atoms with E-state index in [0.29, 0.717) is 6.42 Å². The van der Waals surface area contributed by atoms with Crippen LogP contribution in [0.15, 0.2) is 16.6 Å². The molecule has 0 radical (unpaired) electrons. The molecule has 5 nitrogen and oxygen atoms in total. The Labute approximate surface area is 166 Å². The van der Waals surface area contributed by atoms with Crippen molar-refractivity contribution in [1.82, 2.24) is 0 Å². The maximum atomic E-state index is 12.2.